The van der Waals surface area contributed by atoms with E-state index in [1.807, 2.05) is 13.0 Å². The normalized spacial score (nSPS) is 12.9. The number of fused-ring (bicyclic) bond motifs is 1. The van der Waals surface area contributed by atoms with Crippen LogP contribution in [-0.4, -0.2) is 50.0 Å². The molecule has 0 amide bonds. The molecule has 0 fully saturated rings. The number of carbonyl (C=O) groups is 3. The van der Waals surface area contributed by atoms with Gasteiger partial charge in [0.1, 0.15) is 28.9 Å². The topological polar surface area (TPSA) is 185 Å². The van der Waals surface area contributed by atoms with Crippen molar-refractivity contribution in [1.29, 1.82) is 0 Å². The Morgan fingerprint density at radius 3 is 2.41 bits per heavy atom. The lowest BCUT2D eigenvalue weighted by Crippen LogP contribution is -2.12. The molecule has 4 rings (SSSR count). The lowest BCUT2D eigenvalue weighted by atomic mass is 10.0. The minimum Gasteiger partial charge on any atom is -0.507 e. The van der Waals surface area contributed by atoms with Crippen molar-refractivity contribution in [2.75, 3.05) is 6.61 Å². The van der Waals surface area contributed by atoms with E-state index in [2.05, 4.69) is 0 Å². The Kier molecular flexibility index (Phi) is 11.2. The molecular weight excluding hydrogens is 616 g/mol. The van der Waals surface area contributed by atoms with Crippen LogP contribution in [0.1, 0.15) is 75.6 Å². The van der Waals surface area contributed by atoms with Crippen molar-refractivity contribution in [3.8, 4) is 11.5 Å². The number of aromatic hydroxyl groups is 1. The van der Waals surface area contributed by atoms with Gasteiger partial charge in [0.05, 0.1) is 22.8 Å². The summed E-state index contributed by atoms with van der Waals surface area (Å²) in [5.74, 6) is -3.26. The van der Waals surface area contributed by atoms with E-state index in [0.717, 1.165) is 24.2 Å². The average molecular weight is 649 g/mol. The fourth-order valence-corrected chi connectivity index (χ4v) is 5.65. The van der Waals surface area contributed by atoms with Crippen LogP contribution in [-0.2, 0) is 6.42 Å². The summed E-state index contributed by atoms with van der Waals surface area (Å²) in [5, 5.41) is 39.6. The van der Waals surface area contributed by atoms with Gasteiger partial charge in [0.15, 0.2) is 11.2 Å². The summed E-state index contributed by atoms with van der Waals surface area (Å²) < 4.78 is 16.6. The predicted molar refractivity (Wildman–Crippen MR) is 170 cm³/mol. The lowest BCUT2D eigenvalue weighted by Gasteiger charge is -2.18. The molecule has 0 saturated carbocycles. The van der Waals surface area contributed by atoms with Crippen LogP contribution in [0.5, 0.6) is 11.5 Å². The van der Waals surface area contributed by atoms with Crippen molar-refractivity contribution >= 4 is 40.5 Å². The van der Waals surface area contributed by atoms with Gasteiger partial charge in [0, 0.05) is 16.5 Å². The molecule has 2 heterocycles. The molecule has 0 radical (unpaired) electrons. The Labute approximate surface area is 267 Å². The molecule has 11 nitrogen and oxygen atoms in total. The molecule has 12 heteroatoms. The summed E-state index contributed by atoms with van der Waals surface area (Å²) in [7, 11) is 0. The molecular formula is C34H32O11S. The number of aliphatic hydroxyl groups is 1. The number of carboxylic acid groups (broad SMARTS) is 2. The maximum absolute atomic E-state index is 12.3. The zero-order valence-electron chi connectivity index (χ0n) is 25.0. The number of carbonyl (C=O) groups excluding carboxylic acids is 1. The number of phenolic OH excluding ortho intramolecular Hbond substituents is 1. The van der Waals surface area contributed by atoms with Crippen molar-refractivity contribution < 1.29 is 48.4 Å². The predicted octanol–water partition coefficient (Wildman–Crippen LogP) is 6.42. The molecule has 4 aromatic rings. The van der Waals surface area contributed by atoms with Crippen LogP contribution in [0.25, 0.3) is 11.0 Å². The number of phenols is 1. The molecule has 0 bridgehead atoms. The molecule has 0 unspecified atom stereocenters. The summed E-state index contributed by atoms with van der Waals surface area (Å²) >= 11 is 1.16. The van der Waals surface area contributed by atoms with Crippen LogP contribution < -0.4 is 10.2 Å². The van der Waals surface area contributed by atoms with Crippen molar-refractivity contribution in [2.45, 2.75) is 49.4 Å². The van der Waals surface area contributed by atoms with Crippen molar-refractivity contribution in [2.24, 2.45) is 0 Å². The Morgan fingerprint density at radius 2 is 1.74 bits per heavy atom. The molecule has 2 aromatic heterocycles. The largest absolute Gasteiger partial charge is 0.507 e. The van der Waals surface area contributed by atoms with E-state index in [9.17, 15) is 39.6 Å². The van der Waals surface area contributed by atoms with Gasteiger partial charge in [0.2, 0.25) is 11.5 Å². The third-order valence-electron chi connectivity index (χ3n) is 6.83. The van der Waals surface area contributed by atoms with Crippen molar-refractivity contribution in [1.82, 2.24) is 0 Å². The van der Waals surface area contributed by atoms with Gasteiger partial charge in [-0.25, -0.2) is 9.59 Å². The first-order chi connectivity index (χ1) is 22.0. The monoisotopic (exact) mass is 648 g/mol. The van der Waals surface area contributed by atoms with Gasteiger partial charge in [-0.1, -0.05) is 37.6 Å². The Morgan fingerprint density at radius 1 is 0.978 bits per heavy atom. The Balaban J connectivity index is 1.50. The van der Waals surface area contributed by atoms with E-state index < -0.39 is 34.5 Å². The van der Waals surface area contributed by atoms with Gasteiger partial charge in [-0.2, -0.15) is 0 Å². The maximum atomic E-state index is 12.3. The summed E-state index contributed by atoms with van der Waals surface area (Å²) in [6, 6.07) is 11.4. The van der Waals surface area contributed by atoms with E-state index in [1.165, 1.54) is 31.2 Å². The number of ether oxygens (including phenoxy) is 1. The van der Waals surface area contributed by atoms with Gasteiger partial charge in [-0.3, -0.25) is 9.59 Å². The highest BCUT2D eigenvalue weighted by atomic mass is 32.2. The Hall–Kier alpha value is -5.07. The SMILES string of the molecule is CCCc1c(OCC/C=C\C=C\[C@H](Sc2ccc3c(=O)cc(C(=O)O)oc3c2)[C@H](O)c2ccc(C(=O)O)o2)ccc(C(C)=O)c1O. The summed E-state index contributed by atoms with van der Waals surface area (Å²) in [5.41, 5.74) is 0.389. The van der Waals surface area contributed by atoms with Crippen LogP contribution >= 0.6 is 11.8 Å². The average Bonchev–Trinajstić information content (AvgIpc) is 3.52. The number of aliphatic hydroxyl groups excluding tert-OH is 1. The molecule has 46 heavy (non-hydrogen) atoms. The molecule has 2 aromatic carbocycles. The second kappa shape index (κ2) is 15.3. The summed E-state index contributed by atoms with van der Waals surface area (Å²) in [6.45, 7) is 3.65. The van der Waals surface area contributed by atoms with Crippen LogP contribution in [0.2, 0.25) is 0 Å². The highest BCUT2D eigenvalue weighted by molar-refractivity contribution is 8.00. The summed E-state index contributed by atoms with van der Waals surface area (Å²) in [6.07, 6.45) is 7.49. The highest BCUT2D eigenvalue weighted by Gasteiger charge is 2.25. The van der Waals surface area contributed by atoms with Crippen molar-refractivity contribution in [3.63, 3.8) is 0 Å². The number of ketones is 1. The number of Topliss-reactive ketones (excluding diaryl/α,β-unsaturated/α-hetero) is 1. The number of carboxylic acids is 2. The fourth-order valence-electron chi connectivity index (χ4n) is 4.58. The van der Waals surface area contributed by atoms with Crippen molar-refractivity contribution in [3.05, 3.63) is 111 Å². The minimum absolute atomic E-state index is 0.0272. The third-order valence-corrected chi connectivity index (χ3v) is 8.05. The fraction of sp³-hybridized carbons (Fsp3) is 0.235. The standard InChI is InChI=1S/C34H32O11S/c1-3-8-23-25(13-12-21(19(2)35)31(23)37)43-16-7-5-4-6-9-30(32(38)26-14-15-27(44-26)33(39)40)46-20-10-11-22-24(36)18-29(34(41)42)45-28(22)17-20/h4-6,9-15,17-18,30,32,37-38H,3,7-8,16H2,1-2H3,(H,39,40)(H,41,42)/b5-4-,9-6+/t30-,32+/m0/s1. The first-order valence-electron chi connectivity index (χ1n) is 14.3. The number of hydrogen-bond acceptors (Lipinski definition) is 10. The van der Waals surface area contributed by atoms with Gasteiger partial charge >= 0.3 is 11.9 Å². The Bertz CT molecular complexity index is 1860. The second-order valence-corrected chi connectivity index (χ2v) is 11.4. The van der Waals surface area contributed by atoms with Gasteiger partial charge in [0.25, 0.3) is 0 Å². The second-order valence-electron chi connectivity index (χ2n) is 10.2. The number of aromatic carboxylic acids is 2. The number of rotatable bonds is 15. The number of furan rings is 1. The summed E-state index contributed by atoms with van der Waals surface area (Å²) in [4.78, 5) is 47.3. The molecule has 240 valence electrons. The quantitative estimate of drug-likeness (QED) is 0.0481. The molecule has 0 aliphatic carbocycles. The highest BCUT2D eigenvalue weighted by Crippen LogP contribution is 2.36. The number of benzene rings is 2. The van der Waals surface area contributed by atoms with Crippen LogP contribution in [0.3, 0.4) is 0 Å². The van der Waals surface area contributed by atoms with E-state index >= 15 is 0 Å². The zero-order valence-corrected chi connectivity index (χ0v) is 25.8. The lowest BCUT2D eigenvalue weighted by molar-refractivity contribution is 0.0646. The molecule has 0 aliphatic heterocycles. The van der Waals surface area contributed by atoms with Gasteiger partial charge < -0.3 is 34.0 Å². The van der Waals surface area contributed by atoms with E-state index in [4.69, 9.17) is 13.6 Å². The van der Waals surface area contributed by atoms with E-state index in [-0.39, 0.29) is 39.6 Å². The number of hydrogen-bond donors (Lipinski definition) is 4. The molecule has 0 spiro atoms. The van der Waals surface area contributed by atoms with E-state index in [1.54, 1.807) is 36.4 Å². The smallest absolute Gasteiger partial charge is 0.371 e. The number of thioether (sulfide) groups is 1. The molecule has 2 atom stereocenters. The van der Waals surface area contributed by atoms with Crippen LogP contribution in [0.4, 0.5) is 0 Å². The van der Waals surface area contributed by atoms with Crippen LogP contribution in [0.15, 0.2) is 91.4 Å². The molecule has 4 N–H and O–H groups in total. The number of allylic oxidation sites excluding steroid dienone is 2. The van der Waals surface area contributed by atoms with Gasteiger partial charge in [-0.05, 0) is 62.2 Å². The maximum Gasteiger partial charge on any atom is 0.371 e. The first kappa shape index (κ1) is 33.8. The third kappa shape index (κ3) is 8.14. The zero-order chi connectivity index (χ0) is 33.4. The molecule has 0 saturated heterocycles. The molecule has 0 aliphatic rings. The minimum atomic E-state index is -1.39. The van der Waals surface area contributed by atoms with Gasteiger partial charge in [-0.15, -0.1) is 11.8 Å². The first-order valence-corrected chi connectivity index (χ1v) is 15.2. The van der Waals surface area contributed by atoms with E-state index in [0.29, 0.717) is 35.7 Å². The van der Waals surface area contributed by atoms with Crippen LogP contribution in [0, 0.1) is 0 Å².